The normalized spacial score (nSPS) is 11.6. The van der Waals surface area contributed by atoms with Crippen LogP contribution in [0.15, 0.2) is 36.7 Å². The van der Waals surface area contributed by atoms with Gasteiger partial charge in [0.1, 0.15) is 12.4 Å². The van der Waals surface area contributed by atoms with Crippen LogP contribution in [0.5, 0.6) is 0 Å². The number of fused-ring (bicyclic) bond motifs is 1. The lowest BCUT2D eigenvalue weighted by atomic mass is 10.2. The lowest BCUT2D eigenvalue weighted by Gasteiger charge is -2.16. The van der Waals surface area contributed by atoms with Crippen molar-refractivity contribution in [2.24, 2.45) is 0 Å². The van der Waals surface area contributed by atoms with Gasteiger partial charge < -0.3 is 15.2 Å². The van der Waals surface area contributed by atoms with Gasteiger partial charge in [-0.1, -0.05) is 13.0 Å². The minimum atomic E-state index is -4.35. The lowest BCUT2D eigenvalue weighted by Crippen LogP contribution is -2.22. The van der Waals surface area contributed by atoms with Crippen LogP contribution in [0.2, 0.25) is 0 Å². The van der Waals surface area contributed by atoms with Crippen LogP contribution in [0.25, 0.3) is 11.0 Å². The summed E-state index contributed by atoms with van der Waals surface area (Å²) in [5.41, 5.74) is 3.07. The number of alkyl halides is 3. The predicted octanol–water partition coefficient (Wildman–Crippen LogP) is 4.67. The number of rotatable bonds is 4. The Hall–Kier alpha value is -2.68. The molecular formula is C18H18F3N5S. The molecule has 0 bridgehead atoms. The highest BCUT2D eigenvalue weighted by Gasteiger charge is 2.30. The monoisotopic (exact) mass is 393 g/mol. The molecule has 0 saturated carbocycles. The Labute approximate surface area is 159 Å². The first-order valence-electron chi connectivity index (χ1n) is 8.32. The topological polar surface area (TPSA) is 54.8 Å². The SMILES string of the molecule is CCc1ccncc1NC(=S)Nc1cccc2nc(C)n(CC(F)(F)F)c12. The first kappa shape index (κ1) is 19.1. The molecule has 0 atom stereocenters. The first-order valence-corrected chi connectivity index (χ1v) is 8.73. The molecule has 3 rings (SSSR count). The minimum Gasteiger partial charge on any atom is -0.331 e. The van der Waals surface area contributed by atoms with E-state index >= 15 is 0 Å². The molecule has 142 valence electrons. The van der Waals surface area contributed by atoms with E-state index in [0.717, 1.165) is 22.2 Å². The standard InChI is InChI=1S/C18H18F3N5S/c1-3-12-7-8-22-9-15(12)25-17(27)24-14-6-4-5-13-16(14)26(11(2)23-13)10-18(19,20)21/h4-9H,3,10H2,1-2H3,(H2,24,25,27). The van der Waals surface area contributed by atoms with Gasteiger partial charge in [0.05, 0.1) is 28.6 Å². The number of para-hydroxylation sites is 1. The zero-order chi connectivity index (χ0) is 19.6. The molecule has 0 fully saturated rings. The van der Waals surface area contributed by atoms with Gasteiger partial charge in [-0.05, 0) is 49.3 Å². The molecule has 0 unspecified atom stereocenters. The number of benzene rings is 1. The van der Waals surface area contributed by atoms with E-state index in [1.807, 2.05) is 13.0 Å². The second-order valence-electron chi connectivity index (χ2n) is 6.00. The molecule has 2 heterocycles. The second kappa shape index (κ2) is 7.51. The molecule has 27 heavy (non-hydrogen) atoms. The van der Waals surface area contributed by atoms with Gasteiger partial charge in [-0.2, -0.15) is 13.2 Å². The van der Waals surface area contributed by atoms with E-state index in [-0.39, 0.29) is 10.9 Å². The fourth-order valence-corrected chi connectivity index (χ4v) is 3.12. The van der Waals surface area contributed by atoms with Crippen molar-refractivity contribution in [2.75, 3.05) is 10.6 Å². The van der Waals surface area contributed by atoms with Crippen LogP contribution in [0.3, 0.4) is 0 Å². The number of pyridine rings is 1. The summed E-state index contributed by atoms with van der Waals surface area (Å²) in [6, 6.07) is 6.95. The molecule has 0 aliphatic carbocycles. The molecule has 9 heteroatoms. The van der Waals surface area contributed by atoms with E-state index in [4.69, 9.17) is 12.2 Å². The number of aryl methyl sites for hydroxylation is 2. The van der Waals surface area contributed by atoms with Crippen molar-refractivity contribution in [2.45, 2.75) is 33.0 Å². The van der Waals surface area contributed by atoms with Crippen molar-refractivity contribution in [3.05, 3.63) is 48.0 Å². The molecule has 5 nitrogen and oxygen atoms in total. The average molecular weight is 393 g/mol. The van der Waals surface area contributed by atoms with Gasteiger partial charge in [0.15, 0.2) is 5.11 Å². The second-order valence-corrected chi connectivity index (χ2v) is 6.41. The highest BCUT2D eigenvalue weighted by Crippen LogP contribution is 2.28. The summed E-state index contributed by atoms with van der Waals surface area (Å²) < 4.78 is 40.1. The number of hydrogen-bond donors (Lipinski definition) is 2. The van der Waals surface area contributed by atoms with Crippen molar-refractivity contribution < 1.29 is 13.2 Å². The lowest BCUT2D eigenvalue weighted by molar-refractivity contribution is -0.140. The Balaban J connectivity index is 1.91. The van der Waals surface area contributed by atoms with Crippen LogP contribution < -0.4 is 10.6 Å². The van der Waals surface area contributed by atoms with Crippen molar-refractivity contribution in [1.82, 2.24) is 14.5 Å². The van der Waals surface area contributed by atoms with E-state index < -0.39 is 12.7 Å². The number of halogens is 3. The van der Waals surface area contributed by atoms with Crippen LogP contribution in [0, 0.1) is 6.92 Å². The quantitative estimate of drug-likeness (QED) is 0.631. The molecule has 0 spiro atoms. The number of imidazole rings is 1. The largest absolute Gasteiger partial charge is 0.406 e. The Bertz CT molecular complexity index is 981. The zero-order valence-corrected chi connectivity index (χ0v) is 15.6. The summed E-state index contributed by atoms with van der Waals surface area (Å²) >= 11 is 5.35. The zero-order valence-electron chi connectivity index (χ0n) is 14.8. The van der Waals surface area contributed by atoms with E-state index in [9.17, 15) is 13.2 Å². The number of thiocarbonyl (C=S) groups is 1. The average Bonchev–Trinajstić information content (AvgIpc) is 2.90. The third-order valence-electron chi connectivity index (χ3n) is 4.08. The van der Waals surface area contributed by atoms with Gasteiger partial charge in [0, 0.05) is 6.20 Å². The number of nitrogens with zero attached hydrogens (tertiary/aromatic N) is 3. The van der Waals surface area contributed by atoms with Gasteiger partial charge in [0.25, 0.3) is 0 Å². The number of anilines is 2. The van der Waals surface area contributed by atoms with Crippen LogP contribution in [0.4, 0.5) is 24.5 Å². The van der Waals surface area contributed by atoms with Crippen molar-refractivity contribution in [3.63, 3.8) is 0 Å². The smallest absolute Gasteiger partial charge is 0.331 e. The maximum atomic E-state index is 13.0. The molecule has 2 aromatic heterocycles. The Kier molecular flexibility index (Phi) is 5.31. The van der Waals surface area contributed by atoms with Crippen molar-refractivity contribution in [3.8, 4) is 0 Å². The van der Waals surface area contributed by atoms with E-state index in [2.05, 4.69) is 20.6 Å². The first-order chi connectivity index (χ1) is 12.8. The third-order valence-corrected chi connectivity index (χ3v) is 4.29. The molecule has 3 aromatic rings. The molecule has 0 saturated heterocycles. The Morgan fingerprint density at radius 3 is 2.63 bits per heavy atom. The molecule has 1 aromatic carbocycles. The van der Waals surface area contributed by atoms with Crippen LogP contribution in [0.1, 0.15) is 18.3 Å². The highest BCUT2D eigenvalue weighted by atomic mass is 32.1. The number of nitrogens with one attached hydrogen (secondary N) is 2. The number of hydrogen-bond acceptors (Lipinski definition) is 3. The van der Waals surface area contributed by atoms with Gasteiger partial charge in [-0.3, -0.25) is 4.98 Å². The maximum Gasteiger partial charge on any atom is 0.406 e. The summed E-state index contributed by atoms with van der Waals surface area (Å²) in [4.78, 5) is 8.30. The van der Waals surface area contributed by atoms with Crippen LogP contribution >= 0.6 is 12.2 Å². The van der Waals surface area contributed by atoms with Crippen LogP contribution in [-0.2, 0) is 13.0 Å². The fourth-order valence-electron chi connectivity index (χ4n) is 2.90. The summed E-state index contributed by atoms with van der Waals surface area (Å²) in [5, 5.41) is 6.31. The predicted molar refractivity (Wildman–Crippen MR) is 104 cm³/mol. The van der Waals surface area contributed by atoms with Crippen LogP contribution in [-0.4, -0.2) is 25.8 Å². The maximum absolute atomic E-state index is 13.0. The third kappa shape index (κ3) is 4.36. The molecule has 0 aliphatic heterocycles. The minimum absolute atomic E-state index is 0.266. The number of aromatic nitrogens is 3. The summed E-state index contributed by atoms with van der Waals surface area (Å²) in [6.45, 7) is 2.45. The Morgan fingerprint density at radius 2 is 1.93 bits per heavy atom. The molecule has 0 amide bonds. The van der Waals surface area contributed by atoms with Crippen molar-refractivity contribution in [1.29, 1.82) is 0 Å². The summed E-state index contributed by atoms with van der Waals surface area (Å²) in [6.07, 6.45) is -0.207. The van der Waals surface area contributed by atoms with Gasteiger partial charge in [0.2, 0.25) is 0 Å². The molecular weight excluding hydrogens is 375 g/mol. The molecule has 0 aliphatic rings. The van der Waals surface area contributed by atoms with E-state index in [1.54, 1.807) is 37.5 Å². The molecule has 2 N–H and O–H groups in total. The summed E-state index contributed by atoms with van der Waals surface area (Å²) in [7, 11) is 0. The highest BCUT2D eigenvalue weighted by molar-refractivity contribution is 7.80. The van der Waals surface area contributed by atoms with E-state index in [0.29, 0.717) is 16.7 Å². The van der Waals surface area contributed by atoms with Gasteiger partial charge in [-0.15, -0.1) is 0 Å². The van der Waals surface area contributed by atoms with Gasteiger partial charge >= 0.3 is 6.18 Å². The van der Waals surface area contributed by atoms with E-state index in [1.165, 1.54) is 0 Å². The Morgan fingerprint density at radius 1 is 1.19 bits per heavy atom. The fraction of sp³-hybridized carbons (Fsp3) is 0.278. The van der Waals surface area contributed by atoms with Crippen molar-refractivity contribution >= 4 is 39.7 Å². The van der Waals surface area contributed by atoms with Gasteiger partial charge in [-0.25, -0.2) is 4.98 Å². The summed E-state index contributed by atoms with van der Waals surface area (Å²) in [5.74, 6) is 0.288. The molecule has 0 radical (unpaired) electrons.